The van der Waals surface area contributed by atoms with Crippen LogP contribution in [0.5, 0.6) is 0 Å². The monoisotopic (exact) mass is 1390 g/mol. The molecule has 6 aliphatic heterocycles. The molecule has 14 rings (SSSR count). The first-order valence-electron chi connectivity index (χ1n) is 32.2. The van der Waals surface area contributed by atoms with Crippen molar-refractivity contribution in [3.8, 4) is 0 Å². The van der Waals surface area contributed by atoms with Gasteiger partial charge in [-0.15, -0.1) is 0 Å². The van der Waals surface area contributed by atoms with Crippen molar-refractivity contribution in [2.75, 3.05) is 93.7 Å². The summed E-state index contributed by atoms with van der Waals surface area (Å²) in [6.45, 7) is 13.2. The van der Waals surface area contributed by atoms with Crippen LogP contribution in [0, 0.1) is 0 Å². The fourth-order valence-corrected chi connectivity index (χ4v) is 14.8. The maximum Gasteiger partial charge on any atom is 0.335 e. The second kappa shape index (κ2) is 31.7. The number of fused-ring (bicyclic) bond motifs is 6. The van der Waals surface area contributed by atoms with Crippen LogP contribution in [0.25, 0.3) is 18.2 Å². The smallest absolute Gasteiger partial charge is 0.335 e. The summed E-state index contributed by atoms with van der Waals surface area (Å²) in [5.41, 5.74) is 11.8. The summed E-state index contributed by atoms with van der Waals surface area (Å²) in [5.74, 6) is -0.794. The maximum absolute atomic E-state index is 13.3. The first-order chi connectivity index (χ1) is 46.0. The van der Waals surface area contributed by atoms with Gasteiger partial charge in [-0.3, -0.25) is 34.3 Å². The number of halogens is 6. The van der Waals surface area contributed by atoms with Gasteiger partial charge >= 0.3 is 5.97 Å². The third-order valence-electron chi connectivity index (χ3n) is 19.3. The van der Waals surface area contributed by atoms with Gasteiger partial charge in [0.15, 0.2) is 0 Å². The Balaban J connectivity index is 0.000000137. The first-order valence-corrected chi connectivity index (χ1v) is 34.4. The van der Waals surface area contributed by atoms with E-state index in [4.69, 9.17) is 74.7 Å². The Labute approximate surface area is 587 Å². The average Bonchev–Trinajstić information content (AvgIpc) is 1.54. The van der Waals surface area contributed by atoms with Crippen LogP contribution in [0.15, 0.2) is 195 Å². The third-order valence-corrected chi connectivity index (χ3v) is 20.7. The predicted octanol–water partition coefficient (Wildman–Crippen LogP) is 17.7. The van der Waals surface area contributed by atoms with Crippen molar-refractivity contribution in [3.05, 3.63) is 269 Å². The van der Waals surface area contributed by atoms with Crippen LogP contribution in [0.4, 0.5) is 17.1 Å². The van der Waals surface area contributed by atoms with Gasteiger partial charge in [0, 0.05) is 140 Å². The van der Waals surface area contributed by atoms with Gasteiger partial charge in [0.05, 0.1) is 5.56 Å². The summed E-state index contributed by atoms with van der Waals surface area (Å²) in [4.78, 5) is 54.7. The summed E-state index contributed by atoms with van der Waals surface area (Å²) >= 11 is 36.8. The molecule has 18 heteroatoms. The molecule has 2 N–H and O–H groups in total. The van der Waals surface area contributed by atoms with Gasteiger partial charge in [-0.05, 0) is 226 Å². The number of carboxylic acid groups (broad SMARTS) is 1. The number of benzene rings is 6. The quantitative estimate of drug-likeness (QED) is 0.129. The summed E-state index contributed by atoms with van der Waals surface area (Å²) < 4.78 is 0. The Morgan fingerprint density at radius 2 is 0.789 bits per heavy atom. The van der Waals surface area contributed by atoms with E-state index in [1.165, 1.54) is 65.3 Å². The minimum Gasteiger partial charge on any atom is -0.478 e. The lowest BCUT2D eigenvalue weighted by Gasteiger charge is -2.39. The van der Waals surface area contributed by atoms with E-state index in [0.29, 0.717) is 12.1 Å². The highest BCUT2D eigenvalue weighted by atomic mass is 35.5. The molecular weight excluding hydrogens is 1310 g/mol. The van der Waals surface area contributed by atoms with E-state index in [2.05, 4.69) is 103 Å². The standard InChI is InChI=1S/C27H25Cl2N3O.C23H24Cl2N2O.C21H22Cl2N2.C6H5NO2/c28-22-5-3-20(4-6-22)2-1-15-31-16-11-27(12-17-31)19-32(25-8-7-23(29)18-24(25)27)26(33)21-9-13-30-14-10-21;1-17(28)27-16-23(21-15-20(25)8-9-22(21)27)10-13-26(14-11-23)12-2-3-18-4-6-19(24)7-5-18;22-17-5-3-16(4-6-17)2-1-11-25-12-9-21(10-13-25)15-24-20-8-7-18(23)14-19(20)21;8-6(9)5-1-3-7-4-2-5/h1-10,13-14,18H,11-12,15-17,19H2;2-9,15H,10-14,16H2,1H3;1-8,14,24H,9-13,15H2;1-4H,(H,8,9)/b2-1+;3-2+;2-1+;. The zero-order valence-corrected chi connectivity index (χ0v) is 57.5. The molecule has 6 aromatic carbocycles. The molecule has 95 heavy (non-hydrogen) atoms. The number of carbonyl (C=O) groups is 3. The fourth-order valence-electron chi connectivity index (χ4n) is 13.9. The minimum absolute atomic E-state index is 0.0196. The number of anilines is 3. The summed E-state index contributed by atoms with van der Waals surface area (Å²) in [7, 11) is 0. The first kappa shape index (κ1) is 69.0. The number of aromatic nitrogens is 2. The second-order valence-corrected chi connectivity index (χ2v) is 27.9. The molecule has 6 aliphatic rings. The number of nitrogens with one attached hydrogen (secondary N) is 1. The number of amides is 2. The number of likely N-dealkylation sites (tertiary alicyclic amines) is 3. The number of pyridine rings is 2. The Morgan fingerprint density at radius 3 is 1.18 bits per heavy atom. The third kappa shape index (κ3) is 17.3. The van der Waals surface area contributed by atoms with Crippen molar-refractivity contribution in [1.82, 2.24) is 24.7 Å². The lowest BCUT2D eigenvalue weighted by Crippen LogP contribution is -2.46. The topological polar surface area (TPSA) is 125 Å². The van der Waals surface area contributed by atoms with Gasteiger partial charge < -0.3 is 20.2 Å². The zero-order valence-electron chi connectivity index (χ0n) is 53.0. The van der Waals surface area contributed by atoms with Crippen molar-refractivity contribution >= 4 is 123 Å². The van der Waals surface area contributed by atoms with E-state index < -0.39 is 5.97 Å². The van der Waals surface area contributed by atoms with Crippen molar-refractivity contribution < 1.29 is 19.5 Å². The molecule has 3 saturated heterocycles. The van der Waals surface area contributed by atoms with Crippen molar-refractivity contribution in [2.24, 2.45) is 0 Å². The van der Waals surface area contributed by atoms with Gasteiger partial charge in [0.2, 0.25) is 5.91 Å². The molecule has 0 unspecified atom stereocenters. The minimum atomic E-state index is -0.919. The molecule has 3 fully saturated rings. The SMILES string of the molecule is CC(=O)N1CC2(CCN(C/C=C/c3ccc(Cl)cc3)CC2)c2cc(Cl)ccc21.Clc1ccc(/C=C/CN2CCC3(CC2)CNc2ccc(Cl)cc23)cc1.O=C(O)c1ccncc1.O=C(c1ccncc1)N1CC2(CCN(C/C=C/c3ccc(Cl)cc3)CC2)c2cc(Cl)ccc21. The number of hydrogen-bond donors (Lipinski definition) is 2. The van der Waals surface area contributed by atoms with Crippen LogP contribution in [0.1, 0.15) is 99.5 Å². The van der Waals surface area contributed by atoms with Crippen molar-refractivity contribution in [1.29, 1.82) is 0 Å². The average molecular weight is 1390 g/mol. The van der Waals surface area contributed by atoms with Crippen molar-refractivity contribution in [3.63, 3.8) is 0 Å². The second-order valence-electron chi connectivity index (χ2n) is 25.2. The van der Waals surface area contributed by atoms with E-state index in [-0.39, 0.29) is 33.6 Å². The normalized spacial score (nSPS) is 17.5. The van der Waals surface area contributed by atoms with E-state index >= 15 is 0 Å². The molecule has 8 heterocycles. The molecular formula is C77H76Cl6N8O4. The van der Waals surface area contributed by atoms with E-state index in [1.54, 1.807) is 31.5 Å². The van der Waals surface area contributed by atoms with Gasteiger partial charge in [-0.2, -0.15) is 0 Å². The molecule has 0 saturated carbocycles. The summed E-state index contributed by atoms with van der Waals surface area (Å²) in [5, 5.41) is 16.5. The van der Waals surface area contributed by atoms with Crippen LogP contribution in [0.3, 0.4) is 0 Å². The number of rotatable bonds is 11. The van der Waals surface area contributed by atoms with Crippen LogP contribution in [-0.2, 0) is 21.0 Å². The summed E-state index contributed by atoms with van der Waals surface area (Å²) in [6.07, 6.45) is 25.8. The highest BCUT2D eigenvalue weighted by Gasteiger charge is 2.48. The molecule has 3 spiro atoms. The van der Waals surface area contributed by atoms with E-state index in [9.17, 15) is 14.4 Å². The highest BCUT2D eigenvalue weighted by molar-refractivity contribution is 6.32. The Bertz CT molecular complexity index is 4040. The predicted molar refractivity (Wildman–Crippen MR) is 391 cm³/mol. The molecule has 2 aromatic heterocycles. The molecule has 8 aromatic rings. The van der Waals surface area contributed by atoms with E-state index in [0.717, 1.165) is 150 Å². The Hall–Kier alpha value is -7.33. The number of hydrogen-bond acceptors (Lipinski definition) is 9. The Morgan fingerprint density at radius 1 is 0.442 bits per heavy atom. The number of aromatic carboxylic acids is 1. The number of carbonyl (C=O) groups excluding carboxylic acids is 2. The maximum atomic E-state index is 13.3. The van der Waals surface area contributed by atoms with Gasteiger partial charge in [-0.25, -0.2) is 4.79 Å². The molecule has 0 radical (unpaired) electrons. The van der Waals surface area contributed by atoms with E-state index in [1.807, 2.05) is 101 Å². The van der Waals surface area contributed by atoms with Crippen LogP contribution >= 0.6 is 69.6 Å². The van der Waals surface area contributed by atoms with Crippen LogP contribution < -0.4 is 15.1 Å². The number of piperidine rings is 3. The molecule has 0 bridgehead atoms. The number of carboxylic acids is 1. The zero-order chi connectivity index (χ0) is 66.5. The summed E-state index contributed by atoms with van der Waals surface area (Å²) in [6, 6.07) is 48.3. The van der Waals surface area contributed by atoms with Gasteiger partial charge in [0.1, 0.15) is 0 Å². The van der Waals surface area contributed by atoms with Crippen LogP contribution in [0.2, 0.25) is 30.1 Å². The lowest BCUT2D eigenvalue weighted by molar-refractivity contribution is -0.116. The molecule has 2 amide bonds. The molecule has 0 aliphatic carbocycles. The fraction of sp³-hybridized carbons (Fsp3) is 0.286. The van der Waals surface area contributed by atoms with Gasteiger partial charge in [0.25, 0.3) is 5.91 Å². The molecule has 12 nitrogen and oxygen atoms in total. The molecule has 0 atom stereocenters. The molecule has 490 valence electrons. The Kier molecular flexibility index (Phi) is 23.0. The largest absolute Gasteiger partial charge is 0.478 e. The lowest BCUT2D eigenvalue weighted by atomic mass is 9.74. The van der Waals surface area contributed by atoms with Crippen LogP contribution in [-0.4, -0.2) is 126 Å². The van der Waals surface area contributed by atoms with Crippen molar-refractivity contribution in [2.45, 2.75) is 61.7 Å². The highest BCUT2D eigenvalue weighted by Crippen LogP contribution is 2.50. The number of nitrogens with zero attached hydrogens (tertiary/aromatic N) is 7. The van der Waals surface area contributed by atoms with Gasteiger partial charge in [-0.1, -0.05) is 142 Å².